The average molecular weight is 290 g/mol. The molecule has 1 aromatic heterocycles. The van der Waals surface area contributed by atoms with E-state index in [1.54, 1.807) is 6.92 Å². The van der Waals surface area contributed by atoms with Gasteiger partial charge in [-0.25, -0.2) is 0 Å². The topological polar surface area (TPSA) is 76.7 Å². The summed E-state index contributed by atoms with van der Waals surface area (Å²) < 4.78 is 10.5. The number of phenols is 1. The lowest BCUT2D eigenvalue weighted by Crippen LogP contribution is -2.14. The van der Waals surface area contributed by atoms with E-state index in [-0.39, 0.29) is 29.1 Å². The standard InChI is InChI=1S/C16H18O5/c1-9(2)8-20-15(19)6-11-5-12(17)7-14-16(11)13(18)4-10(3)21-14/h4-5,7,9,17H,6,8H2,1-3H3. The first-order valence-electron chi connectivity index (χ1n) is 6.79. The minimum Gasteiger partial charge on any atom is -0.508 e. The fourth-order valence-electron chi connectivity index (χ4n) is 2.08. The maximum atomic E-state index is 12.1. The predicted molar refractivity (Wildman–Crippen MR) is 78.4 cm³/mol. The summed E-state index contributed by atoms with van der Waals surface area (Å²) in [6.45, 7) is 5.85. The number of fused-ring (bicyclic) bond motifs is 1. The minimum absolute atomic E-state index is 0.0529. The summed E-state index contributed by atoms with van der Waals surface area (Å²) >= 11 is 0. The van der Waals surface area contributed by atoms with Gasteiger partial charge in [-0.3, -0.25) is 9.59 Å². The van der Waals surface area contributed by atoms with Crippen LogP contribution in [0.25, 0.3) is 11.0 Å². The number of carbonyl (C=O) groups is 1. The van der Waals surface area contributed by atoms with Crippen LogP contribution in [0.3, 0.4) is 0 Å². The maximum Gasteiger partial charge on any atom is 0.310 e. The SMILES string of the molecule is Cc1cc(=O)c2c(CC(=O)OCC(C)C)cc(O)cc2o1. The van der Waals surface area contributed by atoms with Crippen LogP contribution in [0, 0.1) is 12.8 Å². The lowest BCUT2D eigenvalue weighted by molar-refractivity contribution is -0.143. The summed E-state index contributed by atoms with van der Waals surface area (Å²) in [6, 6.07) is 4.13. The summed E-state index contributed by atoms with van der Waals surface area (Å²) in [4.78, 5) is 23.9. The highest BCUT2D eigenvalue weighted by molar-refractivity contribution is 5.86. The first kappa shape index (κ1) is 15.1. The molecule has 112 valence electrons. The van der Waals surface area contributed by atoms with Gasteiger partial charge in [-0.15, -0.1) is 0 Å². The zero-order valence-electron chi connectivity index (χ0n) is 12.3. The smallest absolute Gasteiger partial charge is 0.310 e. The number of hydrogen-bond acceptors (Lipinski definition) is 5. The summed E-state index contributed by atoms with van der Waals surface area (Å²) in [7, 11) is 0. The van der Waals surface area contributed by atoms with Crippen molar-refractivity contribution in [3.63, 3.8) is 0 Å². The molecule has 0 aliphatic heterocycles. The van der Waals surface area contributed by atoms with Gasteiger partial charge in [-0.1, -0.05) is 13.8 Å². The number of carbonyl (C=O) groups excluding carboxylic acids is 1. The Bertz CT molecular complexity index is 722. The van der Waals surface area contributed by atoms with Crippen molar-refractivity contribution < 1.29 is 19.1 Å². The molecule has 0 amide bonds. The molecule has 0 saturated carbocycles. The molecule has 1 aromatic carbocycles. The molecule has 0 saturated heterocycles. The minimum atomic E-state index is -0.435. The van der Waals surface area contributed by atoms with Gasteiger partial charge >= 0.3 is 5.97 Å². The van der Waals surface area contributed by atoms with Crippen molar-refractivity contribution in [3.8, 4) is 5.75 Å². The quantitative estimate of drug-likeness (QED) is 0.876. The van der Waals surface area contributed by atoms with Crippen LogP contribution in [-0.2, 0) is 16.0 Å². The monoisotopic (exact) mass is 290 g/mol. The number of aryl methyl sites for hydroxylation is 1. The molecule has 2 rings (SSSR count). The summed E-state index contributed by atoms with van der Waals surface area (Å²) in [6.07, 6.45) is -0.0779. The van der Waals surface area contributed by atoms with Crippen LogP contribution in [0.15, 0.2) is 27.4 Å². The molecule has 5 nitrogen and oxygen atoms in total. The van der Waals surface area contributed by atoms with Gasteiger partial charge in [-0.05, 0) is 24.5 Å². The first-order valence-corrected chi connectivity index (χ1v) is 6.79. The third-order valence-corrected chi connectivity index (χ3v) is 2.93. The third-order valence-electron chi connectivity index (χ3n) is 2.93. The molecular formula is C16H18O5. The lowest BCUT2D eigenvalue weighted by Gasteiger charge is -2.09. The summed E-state index contributed by atoms with van der Waals surface area (Å²) in [5.74, 6) is 0.201. The van der Waals surface area contributed by atoms with Crippen molar-refractivity contribution in [1.29, 1.82) is 0 Å². The van der Waals surface area contributed by atoms with E-state index in [4.69, 9.17) is 9.15 Å². The van der Waals surface area contributed by atoms with Crippen molar-refractivity contribution >= 4 is 16.9 Å². The molecule has 0 aliphatic carbocycles. The maximum absolute atomic E-state index is 12.1. The molecule has 2 aromatic rings. The Balaban J connectivity index is 2.39. The second kappa shape index (κ2) is 5.99. The van der Waals surface area contributed by atoms with Gasteiger partial charge in [0.15, 0.2) is 5.43 Å². The number of phenolic OH excluding ortho intramolecular Hbond substituents is 1. The van der Waals surface area contributed by atoms with E-state index < -0.39 is 5.97 Å². The van der Waals surface area contributed by atoms with E-state index in [9.17, 15) is 14.7 Å². The molecule has 5 heteroatoms. The summed E-state index contributed by atoms with van der Waals surface area (Å²) in [5.41, 5.74) is 0.444. The zero-order valence-corrected chi connectivity index (χ0v) is 12.3. The van der Waals surface area contributed by atoms with Gasteiger partial charge in [-0.2, -0.15) is 0 Å². The van der Waals surface area contributed by atoms with Crippen LogP contribution < -0.4 is 5.43 Å². The number of esters is 1. The van der Waals surface area contributed by atoms with Gasteiger partial charge in [0.05, 0.1) is 18.4 Å². The molecule has 0 atom stereocenters. The largest absolute Gasteiger partial charge is 0.508 e. The van der Waals surface area contributed by atoms with E-state index >= 15 is 0 Å². The number of aromatic hydroxyl groups is 1. The highest BCUT2D eigenvalue weighted by Crippen LogP contribution is 2.23. The normalized spacial score (nSPS) is 11.0. The second-order valence-corrected chi connectivity index (χ2v) is 5.45. The van der Waals surface area contributed by atoms with Crippen LogP contribution >= 0.6 is 0 Å². The Morgan fingerprint density at radius 3 is 2.71 bits per heavy atom. The molecule has 0 spiro atoms. The van der Waals surface area contributed by atoms with Gasteiger partial charge in [0.1, 0.15) is 17.1 Å². The van der Waals surface area contributed by atoms with Crippen molar-refractivity contribution in [1.82, 2.24) is 0 Å². The van der Waals surface area contributed by atoms with E-state index in [1.165, 1.54) is 18.2 Å². The van der Waals surface area contributed by atoms with Crippen LogP contribution in [0.2, 0.25) is 0 Å². The average Bonchev–Trinajstić information content (AvgIpc) is 2.34. The van der Waals surface area contributed by atoms with Crippen LogP contribution in [-0.4, -0.2) is 17.7 Å². The fourth-order valence-corrected chi connectivity index (χ4v) is 2.08. The number of rotatable bonds is 4. The van der Waals surface area contributed by atoms with E-state index in [1.807, 2.05) is 13.8 Å². The molecule has 0 bridgehead atoms. The van der Waals surface area contributed by atoms with Crippen LogP contribution in [0.1, 0.15) is 25.2 Å². The molecule has 0 radical (unpaired) electrons. The van der Waals surface area contributed by atoms with Gasteiger partial charge in [0, 0.05) is 12.1 Å². The molecule has 21 heavy (non-hydrogen) atoms. The molecule has 0 fully saturated rings. The van der Waals surface area contributed by atoms with Crippen LogP contribution in [0.4, 0.5) is 0 Å². The van der Waals surface area contributed by atoms with E-state index in [0.717, 1.165) is 0 Å². The van der Waals surface area contributed by atoms with Crippen molar-refractivity contribution in [2.75, 3.05) is 6.61 Å². The van der Waals surface area contributed by atoms with Gasteiger partial charge in [0.25, 0.3) is 0 Å². The molecule has 0 aliphatic rings. The number of hydrogen-bond donors (Lipinski definition) is 1. The van der Waals surface area contributed by atoms with Crippen molar-refractivity contribution in [3.05, 3.63) is 39.7 Å². The van der Waals surface area contributed by atoms with Crippen molar-refractivity contribution in [2.45, 2.75) is 27.2 Å². The Labute approximate surface area is 122 Å². The van der Waals surface area contributed by atoms with E-state index in [0.29, 0.717) is 23.3 Å². The highest BCUT2D eigenvalue weighted by atomic mass is 16.5. The number of benzene rings is 1. The van der Waals surface area contributed by atoms with Gasteiger partial charge < -0.3 is 14.3 Å². The Morgan fingerprint density at radius 1 is 1.33 bits per heavy atom. The Morgan fingerprint density at radius 2 is 2.05 bits per heavy atom. The van der Waals surface area contributed by atoms with Crippen LogP contribution in [0.5, 0.6) is 5.75 Å². The predicted octanol–water partition coefficient (Wildman–Crippen LogP) is 2.55. The fraction of sp³-hybridized carbons (Fsp3) is 0.375. The van der Waals surface area contributed by atoms with E-state index in [2.05, 4.69) is 0 Å². The van der Waals surface area contributed by atoms with Gasteiger partial charge in [0.2, 0.25) is 0 Å². The molecule has 1 heterocycles. The molecule has 1 N–H and O–H groups in total. The zero-order chi connectivity index (χ0) is 15.6. The number of ether oxygens (including phenoxy) is 1. The molecule has 0 unspecified atom stereocenters. The lowest BCUT2D eigenvalue weighted by atomic mass is 10.0. The Kier molecular flexibility index (Phi) is 4.31. The highest BCUT2D eigenvalue weighted by Gasteiger charge is 2.14. The first-order chi connectivity index (χ1) is 9.86. The van der Waals surface area contributed by atoms with Crippen molar-refractivity contribution in [2.24, 2.45) is 5.92 Å². The second-order valence-electron chi connectivity index (χ2n) is 5.45. The Hall–Kier alpha value is -2.30. The third kappa shape index (κ3) is 3.62. The summed E-state index contributed by atoms with van der Waals surface area (Å²) in [5, 5.41) is 10.0. The molecular weight excluding hydrogens is 272 g/mol.